The summed E-state index contributed by atoms with van der Waals surface area (Å²) in [6.45, 7) is 2.95. The summed E-state index contributed by atoms with van der Waals surface area (Å²) in [5, 5.41) is 3.32. The van der Waals surface area contributed by atoms with Crippen molar-refractivity contribution in [1.82, 2.24) is 0 Å². The third-order valence-corrected chi connectivity index (χ3v) is 2.88. The first-order valence-corrected chi connectivity index (χ1v) is 6.42. The topological polar surface area (TPSA) is 56.5 Å². The fourth-order valence-electron chi connectivity index (χ4n) is 1.76. The van der Waals surface area contributed by atoms with Gasteiger partial charge in [0.25, 0.3) is 0 Å². The fourth-order valence-corrected chi connectivity index (χ4v) is 1.76. The number of nitrogens with one attached hydrogen (secondary N) is 1. The van der Waals surface area contributed by atoms with E-state index in [1.807, 2.05) is 18.2 Å². The smallest absolute Gasteiger partial charge is 0.162 e. The van der Waals surface area contributed by atoms with Crippen molar-refractivity contribution in [3.8, 4) is 11.5 Å². The predicted molar refractivity (Wildman–Crippen MR) is 75.5 cm³/mol. The number of hydrogen-bond acceptors (Lipinski definition) is 4. The summed E-state index contributed by atoms with van der Waals surface area (Å²) in [7, 11) is 3.26. The highest BCUT2D eigenvalue weighted by Gasteiger charge is 2.06. The predicted octanol–water partition coefficient (Wildman–Crippen LogP) is 2.63. The van der Waals surface area contributed by atoms with Crippen LogP contribution in [0.3, 0.4) is 0 Å². The highest BCUT2D eigenvalue weighted by molar-refractivity contribution is 5.54. The molecule has 0 spiro atoms. The van der Waals surface area contributed by atoms with Crippen LogP contribution in [-0.2, 0) is 0 Å². The Kier molecular flexibility index (Phi) is 6.36. The van der Waals surface area contributed by atoms with Crippen LogP contribution >= 0.6 is 0 Å². The van der Waals surface area contributed by atoms with Gasteiger partial charge in [0, 0.05) is 24.3 Å². The molecule has 0 aliphatic rings. The summed E-state index contributed by atoms with van der Waals surface area (Å²) in [4.78, 5) is 0. The van der Waals surface area contributed by atoms with Crippen LogP contribution in [0, 0.1) is 0 Å². The summed E-state index contributed by atoms with van der Waals surface area (Å²) in [5.41, 5.74) is 7.02. The molecule has 0 saturated carbocycles. The zero-order valence-electron chi connectivity index (χ0n) is 11.5. The average Bonchev–Trinajstić information content (AvgIpc) is 2.42. The van der Waals surface area contributed by atoms with Crippen LogP contribution in [0.4, 0.5) is 5.69 Å². The maximum Gasteiger partial charge on any atom is 0.162 e. The van der Waals surface area contributed by atoms with Gasteiger partial charge in [0.15, 0.2) is 11.5 Å². The molecule has 0 aliphatic heterocycles. The number of hydrogen-bond donors (Lipinski definition) is 2. The first-order valence-electron chi connectivity index (χ1n) is 6.42. The molecule has 1 atom stereocenters. The van der Waals surface area contributed by atoms with Crippen LogP contribution in [0.2, 0.25) is 0 Å². The Labute approximate surface area is 109 Å². The molecular weight excluding hydrogens is 228 g/mol. The van der Waals surface area contributed by atoms with Crippen LogP contribution in [0.5, 0.6) is 11.5 Å². The maximum atomic E-state index is 6.02. The van der Waals surface area contributed by atoms with E-state index in [0.717, 1.165) is 30.2 Å². The molecule has 4 nitrogen and oxygen atoms in total. The lowest BCUT2D eigenvalue weighted by Crippen LogP contribution is -2.28. The number of unbranched alkanes of at least 4 members (excludes halogenated alkanes) is 1. The van der Waals surface area contributed by atoms with E-state index in [-0.39, 0.29) is 6.04 Å². The first-order chi connectivity index (χ1) is 8.71. The fraction of sp³-hybridized carbons (Fsp3) is 0.571. The Balaban J connectivity index is 2.52. The van der Waals surface area contributed by atoms with Gasteiger partial charge in [-0.05, 0) is 18.6 Å². The van der Waals surface area contributed by atoms with Crippen LogP contribution < -0.4 is 20.5 Å². The van der Waals surface area contributed by atoms with Gasteiger partial charge in [-0.3, -0.25) is 0 Å². The summed E-state index contributed by atoms with van der Waals surface area (Å²) < 4.78 is 10.4. The van der Waals surface area contributed by atoms with E-state index in [4.69, 9.17) is 15.2 Å². The molecule has 4 heteroatoms. The van der Waals surface area contributed by atoms with E-state index in [9.17, 15) is 0 Å². The summed E-state index contributed by atoms with van der Waals surface area (Å²) in [6, 6.07) is 5.97. The zero-order valence-corrected chi connectivity index (χ0v) is 11.5. The summed E-state index contributed by atoms with van der Waals surface area (Å²) in [5.74, 6) is 1.46. The van der Waals surface area contributed by atoms with Crippen LogP contribution in [-0.4, -0.2) is 26.8 Å². The standard InChI is InChI=1S/C14H24N2O2/c1-4-5-6-11(15)10-16-12-7-8-13(17-2)14(9-12)18-3/h7-9,11,16H,4-6,10,15H2,1-3H3. The van der Waals surface area contributed by atoms with Crippen molar-refractivity contribution in [1.29, 1.82) is 0 Å². The lowest BCUT2D eigenvalue weighted by atomic mass is 10.1. The molecule has 1 aromatic carbocycles. The molecule has 0 aliphatic carbocycles. The highest BCUT2D eigenvalue weighted by atomic mass is 16.5. The van der Waals surface area contributed by atoms with Gasteiger partial charge in [0.05, 0.1) is 14.2 Å². The van der Waals surface area contributed by atoms with Gasteiger partial charge < -0.3 is 20.5 Å². The van der Waals surface area contributed by atoms with Gasteiger partial charge in [-0.15, -0.1) is 0 Å². The number of benzene rings is 1. The number of rotatable bonds is 8. The van der Waals surface area contributed by atoms with Crippen molar-refractivity contribution in [3.05, 3.63) is 18.2 Å². The molecule has 0 bridgehead atoms. The minimum absolute atomic E-state index is 0.193. The van der Waals surface area contributed by atoms with E-state index in [2.05, 4.69) is 12.2 Å². The van der Waals surface area contributed by atoms with Gasteiger partial charge in [0.1, 0.15) is 0 Å². The normalized spacial score (nSPS) is 12.0. The van der Waals surface area contributed by atoms with Gasteiger partial charge in [-0.25, -0.2) is 0 Å². The third-order valence-electron chi connectivity index (χ3n) is 2.88. The first kappa shape index (κ1) is 14.6. The minimum Gasteiger partial charge on any atom is -0.493 e. The van der Waals surface area contributed by atoms with Crippen molar-refractivity contribution in [3.63, 3.8) is 0 Å². The number of methoxy groups -OCH3 is 2. The summed E-state index contributed by atoms with van der Waals surface area (Å²) >= 11 is 0. The average molecular weight is 252 g/mol. The lowest BCUT2D eigenvalue weighted by molar-refractivity contribution is 0.355. The maximum absolute atomic E-state index is 6.02. The van der Waals surface area contributed by atoms with E-state index in [0.29, 0.717) is 0 Å². The second-order valence-corrected chi connectivity index (χ2v) is 4.35. The number of anilines is 1. The molecule has 1 unspecified atom stereocenters. The zero-order chi connectivity index (χ0) is 13.4. The molecule has 102 valence electrons. The second-order valence-electron chi connectivity index (χ2n) is 4.35. The van der Waals surface area contributed by atoms with Gasteiger partial charge in [-0.1, -0.05) is 19.8 Å². The van der Waals surface area contributed by atoms with Crippen molar-refractivity contribution in [2.75, 3.05) is 26.1 Å². The van der Waals surface area contributed by atoms with E-state index in [1.54, 1.807) is 14.2 Å². The third kappa shape index (κ3) is 4.45. The Hall–Kier alpha value is -1.42. The Morgan fingerprint density at radius 3 is 2.56 bits per heavy atom. The Bertz CT molecular complexity index is 356. The molecule has 0 radical (unpaired) electrons. The second kappa shape index (κ2) is 7.82. The molecule has 0 fully saturated rings. The van der Waals surface area contributed by atoms with Crippen molar-refractivity contribution < 1.29 is 9.47 Å². The van der Waals surface area contributed by atoms with Crippen molar-refractivity contribution in [2.45, 2.75) is 32.2 Å². The molecule has 1 rings (SSSR count). The van der Waals surface area contributed by atoms with Gasteiger partial charge >= 0.3 is 0 Å². The quantitative estimate of drug-likeness (QED) is 0.746. The largest absolute Gasteiger partial charge is 0.493 e. The van der Waals surface area contributed by atoms with E-state index in [1.165, 1.54) is 12.8 Å². The lowest BCUT2D eigenvalue weighted by Gasteiger charge is -2.15. The van der Waals surface area contributed by atoms with Crippen molar-refractivity contribution >= 4 is 5.69 Å². The van der Waals surface area contributed by atoms with Crippen LogP contribution in [0.25, 0.3) is 0 Å². The number of nitrogens with two attached hydrogens (primary N) is 1. The van der Waals surface area contributed by atoms with Gasteiger partial charge in [-0.2, -0.15) is 0 Å². The van der Waals surface area contributed by atoms with Crippen LogP contribution in [0.15, 0.2) is 18.2 Å². The SMILES string of the molecule is CCCCC(N)CNc1ccc(OC)c(OC)c1. The van der Waals surface area contributed by atoms with Gasteiger partial charge in [0.2, 0.25) is 0 Å². The Morgan fingerprint density at radius 1 is 1.22 bits per heavy atom. The molecular formula is C14H24N2O2. The van der Waals surface area contributed by atoms with Crippen molar-refractivity contribution in [2.24, 2.45) is 5.73 Å². The van der Waals surface area contributed by atoms with E-state index < -0.39 is 0 Å². The van der Waals surface area contributed by atoms with Crippen LogP contribution in [0.1, 0.15) is 26.2 Å². The molecule has 0 heterocycles. The molecule has 0 saturated heterocycles. The van der Waals surface area contributed by atoms with E-state index >= 15 is 0 Å². The molecule has 18 heavy (non-hydrogen) atoms. The minimum atomic E-state index is 0.193. The summed E-state index contributed by atoms with van der Waals surface area (Å²) in [6.07, 6.45) is 3.41. The number of ether oxygens (including phenoxy) is 2. The molecule has 3 N–H and O–H groups in total. The molecule has 0 amide bonds. The monoisotopic (exact) mass is 252 g/mol. The highest BCUT2D eigenvalue weighted by Crippen LogP contribution is 2.29. The Morgan fingerprint density at radius 2 is 1.94 bits per heavy atom. The molecule has 0 aromatic heterocycles. The molecule has 1 aromatic rings.